The van der Waals surface area contributed by atoms with Gasteiger partial charge in [-0.3, -0.25) is 9.98 Å². The topological polar surface area (TPSA) is 43.7 Å². The van der Waals surface area contributed by atoms with E-state index in [9.17, 15) is 0 Å². The number of halogens is 2. The van der Waals surface area contributed by atoms with Gasteiger partial charge >= 0.3 is 0 Å². The number of aliphatic imine (C=N–C) groups is 1. The van der Waals surface area contributed by atoms with Crippen molar-refractivity contribution >= 4 is 36.6 Å². The molecular weight excluding hydrogens is 371 g/mol. The highest BCUT2D eigenvalue weighted by atomic mass is 35.5. The van der Waals surface area contributed by atoms with Crippen molar-refractivity contribution in [2.24, 2.45) is 4.99 Å². The Hall–Kier alpha value is -2.04. The molecule has 6 heteroatoms. The van der Waals surface area contributed by atoms with Crippen LogP contribution in [0, 0.1) is 0 Å². The summed E-state index contributed by atoms with van der Waals surface area (Å²) in [6, 6.07) is 10.2. The van der Waals surface area contributed by atoms with E-state index in [1.807, 2.05) is 18.3 Å². The summed E-state index contributed by atoms with van der Waals surface area (Å²) in [5.74, 6) is 1.66. The third kappa shape index (κ3) is 4.57. The van der Waals surface area contributed by atoms with Crippen molar-refractivity contribution in [3.05, 3.63) is 59.4 Å². The third-order valence-electron chi connectivity index (χ3n) is 4.23. The molecule has 0 saturated heterocycles. The highest BCUT2D eigenvalue weighted by Gasteiger charge is 2.15. The maximum Gasteiger partial charge on any atom is 0.161 e. The Labute approximate surface area is 166 Å². The number of rotatable bonds is 2. The molecule has 2 aliphatic rings. The van der Waals surface area contributed by atoms with Gasteiger partial charge in [-0.25, -0.2) is 0 Å². The molecule has 3 heterocycles. The lowest BCUT2D eigenvalue weighted by molar-refractivity contribution is 0.297. The van der Waals surface area contributed by atoms with Gasteiger partial charge in [-0.2, -0.15) is 0 Å². The monoisotopic (exact) mass is 392 g/mol. The second-order valence-corrected chi connectivity index (χ2v) is 6.00. The summed E-state index contributed by atoms with van der Waals surface area (Å²) in [6.45, 7) is 2.30. The van der Waals surface area contributed by atoms with Crippen LogP contribution >= 0.6 is 24.8 Å². The molecular formula is C20H22Cl2N2O2. The molecule has 0 N–H and O–H groups in total. The molecule has 0 unspecified atom stereocenters. The second-order valence-electron chi connectivity index (χ2n) is 6.00. The van der Waals surface area contributed by atoms with Gasteiger partial charge in [-0.05, 0) is 54.3 Å². The van der Waals surface area contributed by atoms with Gasteiger partial charge in [-0.15, -0.1) is 24.8 Å². The minimum atomic E-state index is 0. The van der Waals surface area contributed by atoms with Gasteiger partial charge in [0.05, 0.1) is 18.9 Å². The Morgan fingerprint density at radius 2 is 1.81 bits per heavy atom. The molecule has 4 nitrogen and oxygen atoms in total. The van der Waals surface area contributed by atoms with Gasteiger partial charge < -0.3 is 9.47 Å². The zero-order chi connectivity index (χ0) is 16.2. The summed E-state index contributed by atoms with van der Waals surface area (Å²) in [6.07, 6.45) is 8.91. The summed E-state index contributed by atoms with van der Waals surface area (Å²) in [5, 5.41) is 0. The Bertz CT molecular complexity index is 792. The Kier molecular flexibility index (Phi) is 7.49. The Morgan fingerprint density at radius 1 is 0.962 bits per heavy atom. The molecule has 4 rings (SSSR count). The third-order valence-corrected chi connectivity index (χ3v) is 4.23. The minimum absolute atomic E-state index is 0. The van der Waals surface area contributed by atoms with E-state index < -0.39 is 0 Å². The summed E-state index contributed by atoms with van der Waals surface area (Å²) in [7, 11) is 0. The molecule has 0 bridgehead atoms. The van der Waals surface area contributed by atoms with Crippen LogP contribution in [-0.2, 0) is 0 Å². The number of aromatic nitrogens is 1. The van der Waals surface area contributed by atoms with Gasteiger partial charge in [0.15, 0.2) is 11.5 Å². The first-order valence-electron chi connectivity index (χ1n) is 8.45. The average molecular weight is 393 g/mol. The standard InChI is InChI=1S/C20H20N2O2.2ClH/c1-5-17(14-21-8-1)20-16(4-2-9-22-20)12-15-6-7-18-19(13-15)24-11-3-10-23-18;;/h1,5-8,12-14H,2-4,9-11H2;2*1H/b16-12+;;. The van der Waals surface area contributed by atoms with Gasteiger partial charge in [0.2, 0.25) is 0 Å². The number of hydrogen-bond acceptors (Lipinski definition) is 4. The molecule has 0 aliphatic carbocycles. The fourth-order valence-corrected chi connectivity index (χ4v) is 3.07. The van der Waals surface area contributed by atoms with Crippen molar-refractivity contribution < 1.29 is 9.47 Å². The normalized spacial score (nSPS) is 17.4. The van der Waals surface area contributed by atoms with E-state index in [4.69, 9.17) is 14.5 Å². The van der Waals surface area contributed by atoms with Crippen LogP contribution in [0.1, 0.15) is 30.4 Å². The lowest BCUT2D eigenvalue weighted by atomic mass is 9.95. The van der Waals surface area contributed by atoms with E-state index >= 15 is 0 Å². The number of pyridine rings is 1. The van der Waals surface area contributed by atoms with Crippen LogP contribution < -0.4 is 9.47 Å². The molecule has 0 amide bonds. The van der Waals surface area contributed by atoms with E-state index in [1.165, 1.54) is 5.57 Å². The maximum absolute atomic E-state index is 5.80. The molecule has 0 spiro atoms. The summed E-state index contributed by atoms with van der Waals surface area (Å²) in [4.78, 5) is 8.96. The number of benzene rings is 1. The molecule has 26 heavy (non-hydrogen) atoms. The van der Waals surface area contributed by atoms with Crippen molar-refractivity contribution in [3.63, 3.8) is 0 Å². The number of allylic oxidation sites excluding steroid dienone is 1. The highest BCUT2D eigenvalue weighted by molar-refractivity contribution is 6.15. The zero-order valence-corrected chi connectivity index (χ0v) is 16.0. The molecule has 0 radical (unpaired) electrons. The first-order valence-corrected chi connectivity index (χ1v) is 8.45. The molecule has 0 atom stereocenters. The van der Waals surface area contributed by atoms with Crippen LogP contribution in [0.3, 0.4) is 0 Å². The molecule has 1 aromatic carbocycles. The van der Waals surface area contributed by atoms with Crippen LogP contribution in [0.15, 0.2) is 53.3 Å². The smallest absolute Gasteiger partial charge is 0.161 e. The molecule has 0 saturated carbocycles. The van der Waals surface area contributed by atoms with Crippen LogP contribution in [0.5, 0.6) is 11.5 Å². The average Bonchev–Trinajstić information content (AvgIpc) is 2.88. The van der Waals surface area contributed by atoms with E-state index in [0.717, 1.165) is 54.1 Å². The van der Waals surface area contributed by atoms with E-state index in [1.54, 1.807) is 6.20 Å². The van der Waals surface area contributed by atoms with Crippen molar-refractivity contribution in [2.75, 3.05) is 19.8 Å². The SMILES string of the molecule is C(=C1/CCCN=C1c1cccnc1)/c1ccc2c(c1)OCCCO2.Cl.Cl. The first kappa shape index (κ1) is 20.3. The van der Waals surface area contributed by atoms with Crippen LogP contribution in [0.25, 0.3) is 6.08 Å². The molecule has 1 aromatic heterocycles. The zero-order valence-electron chi connectivity index (χ0n) is 14.4. The molecule has 2 aromatic rings. The first-order chi connectivity index (χ1) is 11.9. The summed E-state index contributed by atoms with van der Waals surface area (Å²) >= 11 is 0. The fourth-order valence-electron chi connectivity index (χ4n) is 3.07. The van der Waals surface area contributed by atoms with Gasteiger partial charge in [-0.1, -0.05) is 6.07 Å². The van der Waals surface area contributed by atoms with Crippen LogP contribution in [0.2, 0.25) is 0 Å². The Balaban J connectivity index is 0.00000121. The quantitative estimate of drug-likeness (QED) is 0.740. The van der Waals surface area contributed by atoms with Crippen LogP contribution in [-0.4, -0.2) is 30.5 Å². The second kappa shape index (κ2) is 9.60. The summed E-state index contributed by atoms with van der Waals surface area (Å²) in [5.41, 5.74) is 4.51. The van der Waals surface area contributed by atoms with Crippen molar-refractivity contribution in [1.29, 1.82) is 0 Å². The van der Waals surface area contributed by atoms with E-state index in [-0.39, 0.29) is 24.8 Å². The lowest BCUT2D eigenvalue weighted by Crippen LogP contribution is -2.11. The molecule has 138 valence electrons. The molecule has 0 fully saturated rings. The van der Waals surface area contributed by atoms with Crippen molar-refractivity contribution in [3.8, 4) is 11.5 Å². The van der Waals surface area contributed by atoms with Gasteiger partial charge in [0.25, 0.3) is 0 Å². The van der Waals surface area contributed by atoms with E-state index in [2.05, 4.69) is 29.3 Å². The summed E-state index contributed by atoms with van der Waals surface area (Å²) < 4.78 is 11.5. The lowest BCUT2D eigenvalue weighted by Gasteiger charge is -2.16. The largest absolute Gasteiger partial charge is 0.490 e. The number of ether oxygens (including phenoxy) is 2. The van der Waals surface area contributed by atoms with Crippen molar-refractivity contribution in [2.45, 2.75) is 19.3 Å². The highest BCUT2D eigenvalue weighted by Crippen LogP contribution is 2.32. The predicted molar refractivity (Wildman–Crippen MR) is 109 cm³/mol. The Morgan fingerprint density at radius 3 is 2.62 bits per heavy atom. The number of nitrogens with zero attached hydrogens (tertiary/aromatic N) is 2. The number of fused-ring (bicyclic) bond motifs is 1. The number of hydrogen-bond donors (Lipinski definition) is 0. The van der Waals surface area contributed by atoms with Gasteiger partial charge in [0.1, 0.15) is 0 Å². The predicted octanol–water partition coefficient (Wildman–Crippen LogP) is 4.75. The molecule has 2 aliphatic heterocycles. The van der Waals surface area contributed by atoms with Crippen LogP contribution in [0.4, 0.5) is 0 Å². The van der Waals surface area contributed by atoms with Gasteiger partial charge in [0, 0.05) is 30.9 Å². The fraction of sp³-hybridized carbons (Fsp3) is 0.300. The van der Waals surface area contributed by atoms with Crippen molar-refractivity contribution in [1.82, 2.24) is 4.98 Å². The minimum Gasteiger partial charge on any atom is -0.490 e. The van der Waals surface area contributed by atoms with E-state index in [0.29, 0.717) is 13.2 Å². The maximum atomic E-state index is 5.80.